The molecule has 0 unspecified atom stereocenters. The summed E-state index contributed by atoms with van der Waals surface area (Å²) in [5.41, 5.74) is 6.95. The van der Waals surface area contributed by atoms with Crippen molar-refractivity contribution < 1.29 is 4.79 Å². The minimum absolute atomic E-state index is 0.00170. The quantitative estimate of drug-likeness (QED) is 0.424. The molecular formula is C27H28N6O2. The third-order valence-corrected chi connectivity index (χ3v) is 6.33. The highest BCUT2D eigenvalue weighted by Crippen LogP contribution is 2.30. The van der Waals surface area contributed by atoms with Crippen LogP contribution in [-0.4, -0.2) is 35.8 Å². The highest BCUT2D eigenvalue weighted by molar-refractivity contribution is 5.94. The smallest absolute Gasteiger partial charge is 0.334 e. The van der Waals surface area contributed by atoms with E-state index in [-0.39, 0.29) is 24.2 Å². The summed E-state index contributed by atoms with van der Waals surface area (Å²) in [4.78, 5) is 30.6. The third-order valence-electron chi connectivity index (χ3n) is 6.33. The Kier molecular flexibility index (Phi) is 5.51. The number of fused-ring (bicyclic) bond motifs is 2. The summed E-state index contributed by atoms with van der Waals surface area (Å²) in [6, 6.07) is 11.8. The third kappa shape index (κ3) is 3.80. The summed E-state index contributed by atoms with van der Waals surface area (Å²) in [5, 5.41) is 8.27. The van der Waals surface area contributed by atoms with E-state index in [0.29, 0.717) is 0 Å². The average Bonchev–Trinajstić information content (AvgIpc) is 3.32. The maximum absolute atomic E-state index is 13.7. The predicted molar refractivity (Wildman–Crippen MR) is 138 cm³/mol. The number of amides is 1. The highest BCUT2D eigenvalue weighted by Gasteiger charge is 2.20. The van der Waals surface area contributed by atoms with Gasteiger partial charge in [0, 0.05) is 30.2 Å². The number of aromatic nitrogens is 5. The zero-order valence-electron chi connectivity index (χ0n) is 20.5. The van der Waals surface area contributed by atoms with Gasteiger partial charge in [-0.2, -0.15) is 5.10 Å². The number of carbonyl (C=O) groups is 1. The molecule has 0 aliphatic carbocycles. The first-order chi connectivity index (χ1) is 16.8. The van der Waals surface area contributed by atoms with Gasteiger partial charge in [0.2, 0.25) is 5.91 Å². The zero-order chi connectivity index (χ0) is 24.9. The van der Waals surface area contributed by atoms with Crippen LogP contribution in [0.15, 0.2) is 59.8 Å². The van der Waals surface area contributed by atoms with Crippen molar-refractivity contribution in [2.24, 2.45) is 7.05 Å². The summed E-state index contributed by atoms with van der Waals surface area (Å²) < 4.78 is 5.07. The van der Waals surface area contributed by atoms with E-state index in [4.69, 9.17) is 0 Å². The SMILES string of the molecule is Cc1cc(-c2cncc3c2cnn3C)ccc1-n1c(=O)n(CC(=O)NC(C)C)c2cccc(C)c21. The maximum Gasteiger partial charge on any atom is 0.334 e. The number of para-hydroxylation sites is 1. The molecule has 8 nitrogen and oxygen atoms in total. The van der Waals surface area contributed by atoms with E-state index < -0.39 is 0 Å². The van der Waals surface area contributed by atoms with Crippen molar-refractivity contribution in [1.82, 2.24) is 29.2 Å². The van der Waals surface area contributed by atoms with Gasteiger partial charge in [0.15, 0.2) is 0 Å². The van der Waals surface area contributed by atoms with Crippen LogP contribution in [0.3, 0.4) is 0 Å². The van der Waals surface area contributed by atoms with Crippen molar-refractivity contribution in [3.05, 3.63) is 76.6 Å². The Morgan fingerprint density at radius 2 is 1.83 bits per heavy atom. The van der Waals surface area contributed by atoms with E-state index in [1.807, 2.05) is 77.5 Å². The van der Waals surface area contributed by atoms with Crippen molar-refractivity contribution in [1.29, 1.82) is 0 Å². The number of imidazole rings is 1. The molecule has 1 amide bonds. The second-order valence-corrected chi connectivity index (χ2v) is 9.26. The predicted octanol–water partition coefficient (Wildman–Crippen LogP) is 3.88. The second-order valence-electron chi connectivity index (χ2n) is 9.26. The molecule has 0 aliphatic rings. The molecule has 1 N–H and O–H groups in total. The average molecular weight is 469 g/mol. The van der Waals surface area contributed by atoms with E-state index in [1.54, 1.807) is 20.0 Å². The van der Waals surface area contributed by atoms with Crippen molar-refractivity contribution in [3.63, 3.8) is 0 Å². The normalized spacial score (nSPS) is 11.6. The fourth-order valence-corrected chi connectivity index (χ4v) is 4.72. The van der Waals surface area contributed by atoms with Crippen LogP contribution in [0.2, 0.25) is 0 Å². The second kappa shape index (κ2) is 8.54. The molecule has 5 rings (SSSR count). The summed E-state index contributed by atoms with van der Waals surface area (Å²) in [5.74, 6) is -0.188. The van der Waals surface area contributed by atoms with Gasteiger partial charge in [-0.1, -0.05) is 18.2 Å². The number of nitrogens with one attached hydrogen (secondary N) is 1. The van der Waals surface area contributed by atoms with Crippen molar-refractivity contribution >= 4 is 27.8 Å². The maximum atomic E-state index is 13.7. The van der Waals surface area contributed by atoms with E-state index in [2.05, 4.69) is 21.5 Å². The van der Waals surface area contributed by atoms with Gasteiger partial charge in [-0.05, 0) is 62.6 Å². The summed E-state index contributed by atoms with van der Waals surface area (Å²) in [6.45, 7) is 7.75. The molecule has 0 saturated heterocycles. The minimum atomic E-state index is -0.236. The van der Waals surface area contributed by atoms with Crippen LogP contribution < -0.4 is 11.0 Å². The fraction of sp³-hybridized carbons (Fsp3) is 0.259. The van der Waals surface area contributed by atoms with Crippen molar-refractivity contribution in [2.75, 3.05) is 0 Å². The number of nitrogens with zero attached hydrogens (tertiary/aromatic N) is 5. The van der Waals surface area contributed by atoms with Crippen LogP contribution in [0.25, 0.3) is 38.8 Å². The van der Waals surface area contributed by atoms with Gasteiger partial charge < -0.3 is 5.32 Å². The first kappa shape index (κ1) is 22.6. The molecule has 8 heteroatoms. The molecule has 3 aromatic heterocycles. The standard InChI is InChI=1S/C27H28N6O2/c1-16(2)30-25(34)15-32-23-8-6-7-17(3)26(23)33(27(32)35)22-10-9-19(11-18(22)4)20-12-28-14-24-21(20)13-29-31(24)5/h6-14,16H,15H2,1-5H3,(H,30,34). The lowest BCUT2D eigenvalue weighted by atomic mass is 10.0. The first-order valence-electron chi connectivity index (χ1n) is 11.6. The summed E-state index contributed by atoms with van der Waals surface area (Å²) >= 11 is 0. The Bertz CT molecular complexity index is 1650. The molecule has 0 saturated carbocycles. The molecular weight excluding hydrogens is 440 g/mol. The molecule has 0 fully saturated rings. The lowest BCUT2D eigenvalue weighted by Gasteiger charge is -2.11. The Morgan fingerprint density at radius 1 is 1.03 bits per heavy atom. The lowest BCUT2D eigenvalue weighted by Crippen LogP contribution is -2.36. The Morgan fingerprint density at radius 3 is 2.57 bits per heavy atom. The van der Waals surface area contributed by atoms with Crippen LogP contribution in [0.5, 0.6) is 0 Å². The number of aryl methyl sites for hydroxylation is 3. The number of carbonyl (C=O) groups excluding carboxylic acids is 1. The molecule has 0 aliphatic heterocycles. The molecule has 0 bridgehead atoms. The van der Waals surface area contributed by atoms with Crippen LogP contribution in [0.4, 0.5) is 0 Å². The lowest BCUT2D eigenvalue weighted by molar-refractivity contribution is -0.122. The highest BCUT2D eigenvalue weighted by atomic mass is 16.2. The van der Waals surface area contributed by atoms with Gasteiger partial charge in [0.1, 0.15) is 6.54 Å². The van der Waals surface area contributed by atoms with Crippen molar-refractivity contribution in [2.45, 2.75) is 40.3 Å². The van der Waals surface area contributed by atoms with E-state index in [1.165, 1.54) is 0 Å². The van der Waals surface area contributed by atoms with Gasteiger partial charge in [-0.3, -0.25) is 23.6 Å². The minimum Gasteiger partial charge on any atom is -0.352 e. The van der Waals surface area contributed by atoms with Gasteiger partial charge in [-0.15, -0.1) is 0 Å². The molecule has 35 heavy (non-hydrogen) atoms. The number of benzene rings is 2. The zero-order valence-corrected chi connectivity index (χ0v) is 20.5. The van der Waals surface area contributed by atoms with Crippen molar-refractivity contribution in [3.8, 4) is 16.8 Å². The van der Waals surface area contributed by atoms with E-state index in [0.717, 1.165) is 49.9 Å². The number of pyridine rings is 1. The molecule has 5 aromatic rings. The number of hydrogen-bond donors (Lipinski definition) is 1. The number of rotatable bonds is 5. The molecule has 2 aromatic carbocycles. The van der Waals surface area contributed by atoms with E-state index in [9.17, 15) is 9.59 Å². The Hall–Kier alpha value is -4.20. The molecule has 0 radical (unpaired) electrons. The molecule has 0 spiro atoms. The Balaban J connectivity index is 1.66. The molecule has 0 atom stereocenters. The van der Waals surface area contributed by atoms with Gasteiger partial charge in [-0.25, -0.2) is 4.79 Å². The van der Waals surface area contributed by atoms with Crippen LogP contribution in [0, 0.1) is 13.8 Å². The van der Waals surface area contributed by atoms with Crippen LogP contribution in [-0.2, 0) is 18.4 Å². The Labute approximate surface area is 202 Å². The van der Waals surface area contributed by atoms with Gasteiger partial charge in [0.25, 0.3) is 0 Å². The number of hydrogen-bond acceptors (Lipinski definition) is 4. The molecule has 178 valence electrons. The topological polar surface area (TPSA) is 86.7 Å². The largest absolute Gasteiger partial charge is 0.352 e. The van der Waals surface area contributed by atoms with E-state index >= 15 is 0 Å². The summed E-state index contributed by atoms with van der Waals surface area (Å²) in [7, 11) is 1.90. The van der Waals surface area contributed by atoms with Crippen LogP contribution >= 0.6 is 0 Å². The first-order valence-corrected chi connectivity index (χ1v) is 11.6. The molecule has 3 heterocycles. The summed E-state index contributed by atoms with van der Waals surface area (Å²) in [6.07, 6.45) is 5.49. The van der Waals surface area contributed by atoms with Gasteiger partial charge >= 0.3 is 5.69 Å². The monoisotopic (exact) mass is 468 g/mol. The van der Waals surface area contributed by atoms with Crippen LogP contribution in [0.1, 0.15) is 25.0 Å². The van der Waals surface area contributed by atoms with Gasteiger partial charge in [0.05, 0.1) is 34.6 Å². The fourth-order valence-electron chi connectivity index (χ4n) is 4.72.